The highest BCUT2D eigenvalue weighted by Crippen LogP contribution is 2.68. The number of hydrogen-bond acceptors (Lipinski definition) is 1. The van der Waals surface area contributed by atoms with E-state index >= 15 is 0 Å². The number of aromatic nitrogens is 1. The van der Waals surface area contributed by atoms with Gasteiger partial charge in [0.2, 0.25) is 0 Å². The van der Waals surface area contributed by atoms with Gasteiger partial charge < -0.3 is 0 Å². The van der Waals surface area contributed by atoms with Crippen LogP contribution < -0.4 is 0 Å². The summed E-state index contributed by atoms with van der Waals surface area (Å²) in [7, 11) is 0. The van der Waals surface area contributed by atoms with E-state index in [0.717, 1.165) is 22.2 Å². The molecule has 0 radical (unpaired) electrons. The highest BCUT2D eigenvalue weighted by atomic mass is 14.7. The van der Waals surface area contributed by atoms with E-state index in [2.05, 4.69) is 200 Å². The van der Waals surface area contributed by atoms with E-state index < -0.39 is 10.8 Å². The summed E-state index contributed by atoms with van der Waals surface area (Å²) >= 11 is 0. The summed E-state index contributed by atoms with van der Waals surface area (Å²) in [4.78, 5) is 5.57. The van der Waals surface area contributed by atoms with Crippen molar-refractivity contribution in [3.8, 4) is 44.6 Å². The van der Waals surface area contributed by atoms with E-state index in [1.807, 2.05) is 0 Å². The first kappa shape index (κ1) is 29.7. The maximum Gasteiger partial charge on any atom is 0.0726 e. The third kappa shape index (κ3) is 3.57. The maximum absolute atomic E-state index is 5.57. The van der Waals surface area contributed by atoms with Crippen LogP contribution in [0.2, 0.25) is 0 Å². The summed E-state index contributed by atoms with van der Waals surface area (Å²) in [5, 5.41) is 1.16. The molecule has 8 aromatic carbocycles. The molecule has 54 heavy (non-hydrogen) atoms. The van der Waals surface area contributed by atoms with Crippen molar-refractivity contribution in [3.63, 3.8) is 0 Å². The Bertz CT molecular complexity index is 2920. The zero-order chi connectivity index (χ0) is 35.4. The molecule has 0 unspecified atom stereocenters. The van der Waals surface area contributed by atoms with Gasteiger partial charge in [0.15, 0.2) is 0 Å². The zero-order valence-corrected chi connectivity index (χ0v) is 29.5. The van der Waals surface area contributed by atoms with Crippen LogP contribution in [0.1, 0.15) is 44.5 Å². The van der Waals surface area contributed by atoms with Crippen LogP contribution in [0, 0.1) is 0 Å². The lowest BCUT2D eigenvalue weighted by Crippen LogP contribution is -2.44. The minimum absolute atomic E-state index is 0.536. The quantitative estimate of drug-likeness (QED) is 0.177. The van der Waals surface area contributed by atoms with Gasteiger partial charge >= 0.3 is 0 Å². The van der Waals surface area contributed by atoms with Gasteiger partial charge in [-0.1, -0.05) is 188 Å². The molecule has 0 aliphatic heterocycles. The van der Waals surface area contributed by atoms with Crippen LogP contribution in [0.25, 0.3) is 55.5 Å². The number of para-hydroxylation sites is 1. The second kappa shape index (κ2) is 10.9. The zero-order valence-electron chi connectivity index (χ0n) is 29.5. The number of benzene rings is 8. The van der Waals surface area contributed by atoms with Crippen molar-refractivity contribution in [2.75, 3.05) is 0 Å². The molecule has 1 nitrogen and oxygen atoms in total. The first-order valence-corrected chi connectivity index (χ1v) is 18.9. The van der Waals surface area contributed by atoms with E-state index in [0.29, 0.717) is 0 Å². The average molecular weight is 684 g/mol. The fraction of sp³-hybridized carbons (Fsp3) is 0.0377. The molecule has 0 N–H and O–H groups in total. The summed E-state index contributed by atoms with van der Waals surface area (Å²) in [5.41, 5.74) is 20.2. The Balaban J connectivity index is 1.31. The van der Waals surface area contributed by atoms with Crippen molar-refractivity contribution in [1.29, 1.82) is 0 Å². The van der Waals surface area contributed by atoms with Crippen LogP contribution in [0.15, 0.2) is 200 Å². The van der Waals surface area contributed by atoms with Gasteiger partial charge in [-0.05, 0) is 90.0 Å². The normalized spacial score (nSPS) is 14.6. The second-order valence-electron chi connectivity index (χ2n) is 14.9. The fourth-order valence-electron chi connectivity index (χ4n) is 10.7. The Kier molecular flexibility index (Phi) is 5.97. The lowest BCUT2D eigenvalue weighted by Gasteiger charge is -2.49. The molecule has 0 saturated carbocycles. The summed E-state index contributed by atoms with van der Waals surface area (Å²) in [6, 6.07) is 74.6. The molecule has 1 aromatic heterocycles. The summed E-state index contributed by atoms with van der Waals surface area (Å²) in [6.45, 7) is 0. The molecule has 0 fully saturated rings. The molecule has 9 aromatic rings. The van der Waals surface area contributed by atoms with Crippen molar-refractivity contribution in [1.82, 2.24) is 4.98 Å². The van der Waals surface area contributed by atoms with Gasteiger partial charge in [-0.15, -0.1) is 0 Å². The monoisotopic (exact) mass is 683 g/mol. The van der Waals surface area contributed by atoms with Crippen molar-refractivity contribution in [2.24, 2.45) is 0 Å². The van der Waals surface area contributed by atoms with Crippen molar-refractivity contribution >= 4 is 10.9 Å². The molecule has 3 aliphatic carbocycles. The van der Waals surface area contributed by atoms with Crippen molar-refractivity contribution in [3.05, 3.63) is 245 Å². The SMILES string of the molecule is c1ccc(-c2cc(-c3cccc4c3C3(c5ccccc5-c5ccccc53)c3ccccc3C43c4ccccc4-c4ccccc43)nc3ccccc23)cc1. The Morgan fingerprint density at radius 3 is 1.31 bits per heavy atom. The average Bonchev–Trinajstić information content (AvgIpc) is 3.71. The maximum atomic E-state index is 5.57. The largest absolute Gasteiger partial charge is 0.248 e. The minimum Gasteiger partial charge on any atom is -0.248 e. The lowest BCUT2D eigenvalue weighted by atomic mass is 9.51. The number of nitrogens with zero attached hydrogens (tertiary/aromatic N) is 1. The molecule has 250 valence electrons. The van der Waals surface area contributed by atoms with E-state index in [1.165, 1.54) is 77.9 Å². The molecule has 1 heterocycles. The molecular formula is C53H33N. The van der Waals surface area contributed by atoms with Crippen LogP contribution >= 0.6 is 0 Å². The van der Waals surface area contributed by atoms with E-state index in [9.17, 15) is 0 Å². The number of hydrogen-bond donors (Lipinski definition) is 0. The molecule has 0 atom stereocenters. The fourth-order valence-corrected chi connectivity index (χ4v) is 10.7. The Hall–Kier alpha value is -6.83. The number of fused-ring (bicyclic) bond motifs is 17. The molecule has 0 saturated heterocycles. The van der Waals surface area contributed by atoms with Crippen LogP contribution in [0.5, 0.6) is 0 Å². The van der Waals surface area contributed by atoms with Gasteiger partial charge in [0, 0.05) is 10.9 Å². The molecule has 0 amide bonds. The van der Waals surface area contributed by atoms with E-state index in [-0.39, 0.29) is 0 Å². The summed E-state index contributed by atoms with van der Waals surface area (Å²) in [5.74, 6) is 0. The van der Waals surface area contributed by atoms with Crippen molar-refractivity contribution < 1.29 is 0 Å². The highest BCUT2D eigenvalue weighted by Gasteiger charge is 2.59. The van der Waals surface area contributed by atoms with Crippen LogP contribution in [0.3, 0.4) is 0 Å². The second-order valence-corrected chi connectivity index (χ2v) is 14.9. The van der Waals surface area contributed by atoms with Crippen molar-refractivity contribution in [2.45, 2.75) is 10.8 Å². The molecule has 1 heteroatoms. The third-order valence-corrected chi connectivity index (χ3v) is 12.6. The van der Waals surface area contributed by atoms with Gasteiger partial charge in [0.05, 0.1) is 22.0 Å². The van der Waals surface area contributed by atoms with Gasteiger partial charge in [-0.2, -0.15) is 0 Å². The standard InChI is InChI=1S/C53H33N/c1-2-17-34(18-3-1)41-33-50(54-49-32-15-8-23-39(41)49)40-24-16-31-48-51(40)53(44-27-11-6-21-37(44)38-22-7-12-28-45(38)53)47-30-14-13-29-46(47)52(48)42-25-9-4-19-35(42)36-20-5-10-26-43(36)52/h1-33H. The van der Waals surface area contributed by atoms with E-state index in [4.69, 9.17) is 4.98 Å². The first-order chi connectivity index (χ1) is 26.8. The van der Waals surface area contributed by atoms with Gasteiger partial charge in [-0.3, -0.25) is 0 Å². The predicted octanol–water partition coefficient (Wildman–Crippen LogP) is 12.6. The molecular weight excluding hydrogens is 651 g/mol. The minimum atomic E-state index is -0.590. The Morgan fingerprint density at radius 1 is 0.296 bits per heavy atom. The number of rotatable bonds is 2. The van der Waals surface area contributed by atoms with Crippen LogP contribution in [-0.2, 0) is 10.8 Å². The topological polar surface area (TPSA) is 12.9 Å². The molecule has 0 bridgehead atoms. The first-order valence-electron chi connectivity index (χ1n) is 18.9. The highest BCUT2D eigenvalue weighted by molar-refractivity contribution is 5.99. The third-order valence-electron chi connectivity index (χ3n) is 12.6. The van der Waals surface area contributed by atoms with Gasteiger partial charge in [-0.25, -0.2) is 4.98 Å². The summed E-state index contributed by atoms with van der Waals surface area (Å²) < 4.78 is 0. The summed E-state index contributed by atoms with van der Waals surface area (Å²) in [6.07, 6.45) is 0. The van der Waals surface area contributed by atoms with Gasteiger partial charge in [0.25, 0.3) is 0 Å². The smallest absolute Gasteiger partial charge is 0.0726 e. The molecule has 12 rings (SSSR count). The Labute approximate surface area is 314 Å². The molecule has 3 aliphatic rings. The molecule has 2 spiro atoms. The van der Waals surface area contributed by atoms with Crippen LogP contribution in [0.4, 0.5) is 0 Å². The van der Waals surface area contributed by atoms with Gasteiger partial charge in [0.1, 0.15) is 0 Å². The lowest BCUT2D eigenvalue weighted by molar-refractivity contribution is 0.634. The number of pyridine rings is 1. The predicted molar refractivity (Wildman–Crippen MR) is 221 cm³/mol. The van der Waals surface area contributed by atoms with Crippen LogP contribution in [-0.4, -0.2) is 4.98 Å². The Morgan fingerprint density at radius 2 is 0.722 bits per heavy atom. The van der Waals surface area contributed by atoms with E-state index in [1.54, 1.807) is 0 Å².